The SMILES string of the molecule is COC[C@@H](C)N1CCC(n2ncc(-c3cc(Sc4ccccc4C#N)c4c(C#N)cnn4c3)c2C)CC1. The molecule has 0 aliphatic carbocycles. The van der Waals surface area contributed by atoms with Crippen LogP contribution in [0.25, 0.3) is 16.6 Å². The quantitative estimate of drug-likeness (QED) is 0.342. The summed E-state index contributed by atoms with van der Waals surface area (Å²) in [6.07, 6.45) is 7.58. The Kier molecular flexibility index (Phi) is 7.29. The second kappa shape index (κ2) is 10.8. The first-order chi connectivity index (χ1) is 18.0. The van der Waals surface area contributed by atoms with Gasteiger partial charge in [0.05, 0.1) is 41.7 Å². The van der Waals surface area contributed by atoms with Gasteiger partial charge in [0.1, 0.15) is 12.1 Å². The highest BCUT2D eigenvalue weighted by Crippen LogP contribution is 2.38. The van der Waals surface area contributed by atoms with Gasteiger partial charge in [0.25, 0.3) is 0 Å². The number of rotatable bonds is 7. The van der Waals surface area contributed by atoms with E-state index in [2.05, 4.69) is 46.7 Å². The van der Waals surface area contributed by atoms with E-state index < -0.39 is 0 Å². The molecule has 1 aliphatic heterocycles. The molecule has 1 aromatic carbocycles. The highest BCUT2D eigenvalue weighted by Gasteiger charge is 2.26. The molecule has 1 atom stereocenters. The lowest BCUT2D eigenvalue weighted by Crippen LogP contribution is -2.42. The van der Waals surface area contributed by atoms with E-state index in [1.54, 1.807) is 23.9 Å². The number of benzene rings is 1. The molecule has 3 aromatic heterocycles. The van der Waals surface area contributed by atoms with Crippen LogP contribution in [-0.4, -0.2) is 57.1 Å². The molecule has 4 heterocycles. The van der Waals surface area contributed by atoms with Crippen molar-refractivity contribution < 1.29 is 4.74 Å². The number of fused-ring (bicyclic) bond motifs is 1. The average molecular weight is 512 g/mol. The Morgan fingerprint density at radius 1 is 1.08 bits per heavy atom. The lowest BCUT2D eigenvalue weighted by molar-refractivity contribution is 0.0731. The van der Waals surface area contributed by atoms with E-state index in [4.69, 9.17) is 9.84 Å². The highest BCUT2D eigenvalue weighted by molar-refractivity contribution is 7.99. The number of likely N-dealkylation sites (tertiary alicyclic amines) is 1. The van der Waals surface area contributed by atoms with Crippen LogP contribution in [0, 0.1) is 29.6 Å². The van der Waals surface area contributed by atoms with Crippen LogP contribution >= 0.6 is 11.8 Å². The molecule has 1 saturated heterocycles. The summed E-state index contributed by atoms with van der Waals surface area (Å²) < 4.78 is 9.26. The van der Waals surface area contributed by atoms with Crippen molar-refractivity contribution in [2.75, 3.05) is 26.8 Å². The summed E-state index contributed by atoms with van der Waals surface area (Å²) in [6, 6.07) is 14.9. The van der Waals surface area contributed by atoms with Crippen molar-refractivity contribution >= 4 is 17.3 Å². The number of piperidine rings is 1. The first-order valence-electron chi connectivity index (χ1n) is 12.4. The smallest absolute Gasteiger partial charge is 0.103 e. The number of hydrogen-bond acceptors (Lipinski definition) is 7. The van der Waals surface area contributed by atoms with Gasteiger partial charge in [-0.15, -0.1) is 0 Å². The molecule has 0 unspecified atom stereocenters. The number of nitrogens with zero attached hydrogens (tertiary/aromatic N) is 7. The van der Waals surface area contributed by atoms with E-state index in [-0.39, 0.29) is 0 Å². The van der Waals surface area contributed by atoms with Crippen LogP contribution in [0.2, 0.25) is 0 Å². The van der Waals surface area contributed by atoms with Crippen LogP contribution in [0.1, 0.15) is 42.6 Å². The Balaban J connectivity index is 1.48. The van der Waals surface area contributed by atoms with Crippen molar-refractivity contribution in [3.63, 3.8) is 0 Å². The third-order valence-corrected chi connectivity index (χ3v) is 8.26. The molecule has 0 radical (unpaired) electrons. The molecule has 188 valence electrons. The lowest BCUT2D eigenvalue weighted by atomic mass is 10.0. The molecule has 1 aliphatic rings. The van der Waals surface area contributed by atoms with Crippen LogP contribution < -0.4 is 0 Å². The van der Waals surface area contributed by atoms with Gasteiger partial charge >= 0.3 is 0 Å². The van der Waals surface area contributed by atoms with Crippen LogP contribution in [0.4, 0.5) is 0 Å². The summed E-state index contributed by atoms with van der Waals surface area (Å²) in [6.45, 7) is 7.14. The van der Waals surface area contributed by atoms with E-state index in [1.807, 2.05) is 30.6 Å². The highest BCUT2D eigenvalue weighted by atomic mass is 32.2. The summed E-state index contributed by atoms with van der Waals surface area (Å²) in [5.74, 6) is 0. The maximum absolute atomic E-state index is 9.69. The molecular formula is C28H29N7OS. The second-order valence-corrected chi connectivity index (χ2v) is 10.5. The zero-order chi connectivity index (χ0) is 25.9. The van der Waals surface area contributed by atoms with Crippen molar-refractivity contribution in [2.45, 2.75) is 48.6 Å². The Hall–Kier alpha value is -3.63. The Morgan fingerprint density at radius 3 is 2.57 bits per heavy atom. The standard InChI is InChI=1S/C28H29N7OS/c1-19(18-36-3)33-10-8-24(9-11-33)35-20(2)25(16-32-35)22-12-27(28-23(14-30)15-31-34(28)17-22)37-26-7-5-4-6-21(26)13-29/h4-7,12,15-17,19,24H,8-11,18H2,1-3H3/t19-/m1/s1. The van der Waals surface area contributed by atoms with Gasteiger partial charge in [0.2, 0.25) is 0 Å². The Bertz CT molecular complexity index is 1500. The molecule has 37 heavy (non-hydrogen) atoms. The summed E-state index contributed by atoms with van der Waals surface area (Å²) >= 11 is 1.48. The minimum atomic E-state index is 0.356. The molecule has 0 amide bonds. The van der Waals surface area contributed by atoms with Gasteiger partial charge in [-0.2, -0.15) is 20.7 Å². The molecule has 0 N–H and O–H groups in total. The van der Waals surface area contributed by atoms with Gasteiger partial charge in [-0.1, -0.05) is 23.9 Å². The van der Waals surface area contributed by atoms with E-state index >= 15 is 0 Å². The third-order valence-electron chi connectivity index (χ3n) is 7.16. The molecular weight excluding hydrogens is 482 g/mol. The molecule has 0 bridgehead atoms. The van der Waals surface area contributed by atoms with Gasteiger partial charge in [-0.3, -0.25) is 9.58 Å². The number of methoxy groups -OCH3 is 1. The van der Waals surface area contributed by atoms with Crippen LogP contribution in [0.15, 0.2) is 58.7 Å². The van der Waals surface area contributed by atoms with E-state index in [1.165, 1.54) is 11.8 Å². The Morgan fingerprint density at radius 2 is 1.84 bits per heavy atom. The van der Waals surface area contributed by atoms with Gasteiger partial charge in [0, 0.05) is 59.0 Å². The summed E-state index contributed by atoms with van der Waals surface area (Å²) in [5.41, 5.74) is 4.98. The van der Waals surface area contributed by atoms with E-state index in [9.17, 15) is 10.5 Å². The second-order valence-electron chi connectivity index (χ2n) is 9.43. The minimum Gasteiger partial charge on any atom is -0.383 e. The zero-order valence-corrected chi connectivity index (χ0v) is 22.1. The molecule has 9 heteroatoms. The number of ether oxygens (including phenoxy) is 1. The van der Waals surface area contributed by atoms with Crippen molar-refractivity contribution in [3.05, 3.63) is 65.7 Å². The summed E-state index contributed by atoms with van der Waals surface area (Å²) in [4.78, 5) is 4.21. The van der Waals surface area contributed by atoms with Crippen molar-refractivity contribution in [1.29, 1.82) is 10.5 Å². The average Bonchev–Trinajstić information content (AvgIpc) is 3.52. The molecule has 8 nitrogen and oxygen atoms in total. The van der Waals surface area contributed by atoms with Crippen molar-refractivity contribution in [1.82, 2.24) is 24.3 Å². The van der Waals surface area contributed by atoms with Crippen LogP contribution in [0.3, 0.4) is 0 Å². The first-order valence-corrected chi connectivity index (χ1v) is 13.2. The molecule has 1 fully saturated rings. The van der Waals surface area contributed by atoms with Gasteiger partial charge in [-0.25, -0.2) is 4.52 Å². The third kappa shape index (κ3) is 4.86. The predicted molar refractivity (Wildman–Crippen MR) is 142 cm³/mol. The number of pyridine rings is 1. The van der Waals surface area contributed by atoms with Crippen LogP contribution in [0.5, 0.6) is 0 Å². The number of hydrogen-bond donors (Lipinski definition) is 0. The summed E-state index contributed by atoms with van der Waals surface area (Å²) in [5, 5.41) is 28.5. The van der Waals surface area contributed by atoms with Gasteiger partial charge < -0.3 is 4.74 Å². The van der Waals surface area contributed by atoms with E-state index in [0.29, 0.717) is 23.2 Å². The summed E-state index contributed by atoms with van der Waals surface area (Å²) in [7, 11) is 1.76. The monoisotopic (exact) mass is 511 g/mol. The van der Waals surface area contributed by atoms with Gasteiger partial charge in [-0.05, 0) is 44.9 Å². The van der Waals surface area contributed by atoms with Crippen LogP contribution in [-0.2, 0) is 4.74 Å². The van der Waals surface area contributed by atoms with E-state index in [0.717, 1.165) is 64.7 Å². The van der Waals surface area contributed by atoms with Crippen molar-refractivity contribution in [3.8, 4) is 23.3 Å². The molecule has 0 spiro atoms. The van der Waals surface area contributed by atoms with Crippen molar-refractivity contribution in [2.24, 2.45) is 0 Å². The predicted octanol–water partition coefficient (Wildman–Crippen LogP) is 5.07. The fourth-order valence-electron chi connectivity index (χ4n) is 5.15. The maximum Gasteiger partial charge on any atom is 0.103 e. The Labute approximate surface area is 221 Å². The molecule has 4 aromatic rings. The number of aromatic nitrogens is 4. The fraction of sp³-hybridized carbons (Fsp3) is 0.357. The minimum absolute atomic E-state index is 0.356. The normalized spacial score (nSPS) is 15.5. The maximum atomic E-state index is 9.69. The molecule has 0 saturated carbocycles. The fourth-order valence-corrected chi connectivity index (χ4v) is 6.24. The largest absolute Gasteiger partial charge is 0.383 e. The van der Waals surface area contributed by atoms with Gasteiger partial charge in [0.15, 0.2) is 0 Å². The lowest BCUT2D eigenvalue weighted by Gasteiger charge is -2.36. The molecule has 5 rings (SSSR count). The zero-order valence-electron chi connectivity index (χ0n) is 21.3. The topological polar surface area (TPSA) is 95.2 Å². The first kappa shape index (κ1) is 25.0. The number of nitriles is 2.